The second-order valence-electron chi connectivity index (χ2n) is 5.22. The van der Waals surface area contributed by atoms with Gasteiger partial charge in [0.15, 0.2) is 0 Å². The van der Waals surface area contributed by atoms with E-state index >= 15 is 0 Å². The van der Waals surface area contributed by atoms with Gasteiger partial charge in [0, 0.05) is 19.1 Å². The fraction of sp³-hybridized carbons (Fsp3) is 0.571. The Morgan fingerprint density at radius 3 is 2.67 bits per heavy atom. The largest absolute Gasteiger partial charge is 0.492 e. The van der Waals surface area contributed by atoms with Crippen LogP contribution < -0.4 is 15.2 Å². The van der Waals surface area contributed by atoms with Gasteiger partial charge in [0.25, 0.3) is 0 Å². The normalized spacial score (nSPS) is 20.2. The first-order valence-corrected chi connectivity index (χ1v) is 8.69. The number of nitrogens with two attached hydrogens (primary N) is 1. The van der Waals surface area contributed by atoms with Crippen LogP contribution in [0.5, 0.6) is 5.75 Å². The lowest BCUT2D eigenvalue weighted by Gasteiger charge is -2.32. The van der Waals surface area contributed by atoms with Crippen LogP contribution in [0, 0.1) is 0 Å². The molecule has 0 radical (unpaired) electrons. The van der Waals surface area contributed by atoms with Crippen molar-refractivity contribution in [3.8, 4) is 5.75 Å². The summed E-state index contributed by atoms with van der Waals surface area (Å²) in [6.07, 6.45) is 2.91. The topological polar surface area (TPSA) is 84.7 Å². The number of nitrogens with one attached hydrogen (secondary N) is 1. The minimum atomic E-state index is -3.49. The molecule has 1 unspecified atom stereocenters. The van der Waals surface area contributed by atoms with Gasteiger partial charge in [-0.2, -0.15) is 12.7 Å². The smallest absolute Gasteiger partial charge is 0.301 e. The average molecular weight is 313 g/mol. The lowest BCUT2D eigenvalue weighted by Crippen LogP contribution is -2.44. The maximum atomic E-state index is 12.4. The molecule has 1 aromatic rings. The van der Waals surface area contributed by atoms with E-state index in [9.17, 15) is 8.42 Å². The fourth-order valence-electron chi connectivity index (χ4n) is 2.43. The summed E-state index contributed by atoms with van der Waals surface area (Å²) >= 11 is 0. The number of hydrogen-bond acceptors (Lipinski definition) is 4. The van der Waals surface area contributed by atoms with E-state index in [1.54, 1.807) is 24.3 Å². The Morgan fingerprint density at radius 1 is 1.33 bits per heavy atom. The van der Waals surface area contributed by atoms with Crippen LogP contribution >= 0.6 is 0 Å². The fourth-order valence-corrected chi connectivity index (χ4v) is 3.93. The van der Waals surface area contributed by atoms with Crippen LogP contribution in [0.3, 0.4) is 0 Å². The summed E-state index contributed by atoms with van der Waals surface area (Å²) in [5.74, 6) is 0.676. The van der Waals surface area contributed by atoms with Gasteiger partial charge in [-0.05, 0) is 44.0 Å². The molecule has 0 aromatic heterocycles. The second-order valence-corrected chi connectivity index (χ2v) is 6.85. The summed E-state index contributed by atoms with van der Waals surface area (Å²) in [5.41, 5.74) is 5.90. The predicted octanol–water partition coefficient (Wildman–Crippen LogP) is 1.56. The lowest BCUT2D eigenvalue weighted by molar-refractivity contribution is 0.270. The van der Waals surface area contributed by atoms with Gasteiger partial charge in [-0.3, -0.25) is 4.72 Å². The first-order chi connectivity index (χ1) is 10.0. The van der Waals surface area contributed by atoms with E-state index in [-0.39, 0.29) is 6.04 Å². The highest BCUT2D eigenvalue weighted by molar-refractivity contribution is 7.90. The molecule has 1 atom stereocenters. The van der Waals surface area contributed by atoms with Crippen LogP contribution in [-0.4, -0.2) is 38.5 Å². The van der Waals surface area contributed by atoms with E-state index in [2.05, 4.69) is 4.72 Å². The van der Waals surface area contributed by atoms with Crippen LogP contribution in [0.15, 0.2) is 24.3 Å². The summed E-state index contributed by atoms with van der Waals surface area (Å²) < 4.78 is 34.3. The Bertz CT molecular complexity index is 545. The van der Waals surface area contributed by atoms with Gasteiger partial charge in [0.2, 0.25) is 0 Å². The van der Waals surface area contributed by atoms with Gasteiger partial charge in [-0.1, -0.05) is 6.42 Å². The van der Waals surface area contributed by atoms with E-state index in [1.807, 2.05) is 6.92 Å². The third-order valence-corrected chi connectivity index (χ3v) is 5.19. The molecule has 0 spiro atoms. The molecule has 1 fully saturated rings. The number of nitrogens with zero attached hydrogens (tertiary/aromatic N) is 1. The van der Waals surface area contributed by atoms with Gasteiger partial charge >= 0.3 is 10.2 Å². The number of rotatable bonds is 6. The predicted molar refractivity (Wildman–Crippen MR) is 83.6 cm³/mol. The first-order valence-electron chi connectivity index (χ1n) is 7.25. The standard InChI is InChI=1S/C14H23N3O3S/c1-12-4-2-3-10-17(12)21(18,19)16-13-5-7-14(8-6-13)20-11-9-15/h5-8,12,16H,2-4,9-11,15H2,1H3. The molecule has 1 heterocycles. The highest BCUT2D eigenvalue weighted by Crippen LogP contribution is 2.22. The molecular formula is C14H23N3O3S. The first kappa shape index (κ1) is 16.1. The second kappa shape index (κ2) is 7.11. The van der Waals surface area contributed by atoms with E-state index in [0.717, 1.165) is 19.3 Å². The summed E-state index contributed by atoms with van der Waals surface area (Å²) in [5, 5.41) is 0. The summed E-state index contributed by atoms with van der Waals surface area (Å²) in [6.45, 7) is 3.41. The lowest BCUT2D eigenvalue weighted by atomic mass is 10.1. The van der Waals surface area contributed by atoms with Gasteiger partial charge < -0.3 is 10.5 Å². The maximum Gasteiger partial charge on any atom is 0.301 e. The highest BCUT2D eigenvalue weighted by atomic mass is 32.2. The quantitative estimate of drug-likeness (QED) is 0.834. The van der Waals surface area contributed by atoms with Gasteiger partial charge in [0.1, 0.15) is 12.4 Å². The van der Waals surface area contributed by atoms with Gasteiger partial charge in [-0.15, -0.1) is 0 Å². The third-order valence-electron chi connectivity index (χ3n) is 3.54. The van der Waals surface area contributed by atoms with Crippen LogP contribution in [0.4, 0.5) is 5.69 Å². The Morgan fingerprint density at radius 2 is 2.05 bits per heavy atom. The molecule has 0 saturated carbocycles. The van der Waals surface area contributed by atoms with Crippen molar-refractivity contribution in [2.75, 3.05) is 24.4 Å². The van der Waals surface area contributed by atoms with Crippen molar-refractivity contribution in [1.82, 2.24) is 4.31 Å². The maximum absolute atomic E-state index is 12.4. The van der Waals surface area contributed by atoms with Crippen molar-refractivity contribution in [2.45, 2.75) is 32.2 Å². The zero-order chi connectivity index (χ0) is 15.3. The molecule has 1 saturated heterocycles. The molecular weight excluding hydrogens is 290 g/mol. The number of ether oxygens (including phenoxy) is 1. The van der Waals surface area contributed by atoms with E-state index in [1.165, 1.54) is 4.31 Å². The molecule has 1 aliphatic heterocycles. The molecule has 0 bridgehead atoms. The molecule has 0 aliphatic carbocycles. The van der Waals surface area contributed by atoms with Crippen LogP contribution in [0.25, 0.3) is 0 Å². The van der Waals surface area contributed by atoms with Crippen LogP contribution in [0.1, 0.15) is 26.2 Å². The molecule has 0 amide bonds. The zero-order valence-electron chi connectivity index (χ0n) is 12.3. The third kappa shape index (κ3) is 4.33. The van der Waals surface area contributed by atoms with Crippen LogP contribution in [0.2, 0.25) is 0 Å². The van der Waals surface area contributed by atoms with Crippen molar-refractivity contribution < 1.29 is 13.2 Å². The highest BCUT2D eigenvalue weighted by Gasteiger charge is 2.29. The minimum Gasteiger partial charge on any atom is -0.492 e. The number of anilines is 1. The Balaban J connectivity index is 2.02. The van der Waals surface area contributed by atoms with E-state index < -0.39 is 10.2 Å². The summed E-state index contributed by atoms with van der Waals surface area (Å²) in [4.78, 5) is 0. The summed E-state index contributed by atoms with van der Waals surface area (Å²) in [6, 6.07) is 6.89. The Labute approximate surface area is 126 Å². The monoisotopic (exact) mass is 313 g/mol. The number of benzene rings is 1. The molecule has 6 nitrogen and oxygen atoms in total. The molecule has 1 aliphatic rings. The molecule has 21 heavy (non-hydrogen) atoms. The van der Waals surface area contributed by atoms with Crippen LogP contribution in [-0.2, 0) is 10.2 Å². The molecule has 7 heteroatoms. The van der Waals surface area contributed by atoms with Crippen molar-refractivity contribution in [1.29, 1.82) is 0 Å². The Hall–Kier alpha value is -1.31. The van der Waals surface area contributed by atoms with Gasteiger partial charge in [-0.25, -0.2) is 0 Å². The molecule has 3 N–H and O–H groups in total. The molecule has 1 aromatic carbocycles. The van der Waals surface area contributed by atoms with Crippen molar-refractivity contribution in [3.05, 3.63) is 24.3 Å². The zero-order valence-corrected chi connectivity index (χ0v) is 13.1. The number of piperidine rings is 1. The Kier molecular flexibility index (Phi) is 5.44. The SMILES string of the molecule is CC1CCCCN1S(=O)(=O)Nc1ccc(OCCN)cc1. The number of hydrogen-bond donors (Lipinski definition) is 2. The van der Waals surface area contributed by atoms with Crippen molar-refractivity contribution >= 4 is 15.9 Å². The van der Waals surface area contributed by atoms with Gasteiger partial charge in [0.05, 0.1) is 5.69 Å². The van der Waals surface area contributed by atoms with Crippen molar-refractivity contribution in [3.63, 3.8) is 0 Å². The van der Waals surface area contributed by atoms with Crippen molar-refractivity contribution in [2.24, 2.45) is 5.73 Å². The molecule has 118 valence electrons. The minimum absolute atomic E-state index is 0.0448. The molecule has 2 rings (SSSR count). The average Bonchev–Trinajstić information content (AvgIpc) is 2.46. The summed E-state index contributed by atoms with van der Waals surface area (Å²) in [7, 11) is -3.49. The van der Waals surface area contributed by atoms with E-state index in [0.29, 0.717) is 31.1 Å². The van der Waals surface area contributed by atoms with E-state index in [4.69, 9.17) is 10.5 Å².